The molecule has 25 heavy (non-hydrogen) atoms. The molecule has 2 aliphatic carbocycles. The Bertz CT molecular complexity index is 881. The highest BCUT2D eigenvalue weighted by molar-refractivity contribution is 5.91. The third-order valence-corrected chi connectivity index (χ3v) is 4.73. The number of aromatic amines is 1. The van der Waals surface area contributed by atoms with Crippen molar-refractivity contribution in [2.75, 3.05) is 5.32 Å². The number of hydrogen-bond donors (Lipinski definition) is 3. The fourth-order valence-electron chi connectivity index (χ4n) is 3.11. The Hall–Kier alpha value is -2.70. The number of nitrogens with one attached hydrogen (secondary N) is 3. The predicted octanol–water partition coefficient (Wildman–Crippen LogP) is 3.92. The first-order chi connectivity index (χ1) is 12.1. The maximum atomic E-state index is 13.1. The lowest BCUT2D eigenvalue weighted by Gasteiger charge is -2.19. The monoisotopic (exact) mass is 341 g/mol. The number of amides is 2. The van der Waals surface area contributed by atoms with Crippen LogP contribution in [0.25, 0.3) is 10.9 Å². The number of allylic oxidation sites excluding steroid dienone is 3. The number of aromatic nitrogens is 3. The van der Waals surface area contributed by atoms with E-state index in [0.717, 1.165) is 22.2 Å². The summed E-state index contributed by atoms with van der Waals surface area (Å²) < 4.78 is 13.1. The number of carbonyl (C=O) groups excluding carboxylic acids is 1. The molecule has 6 nitrogen and oxygen atoms in total. The molecule has 0 saturated heterocycles. The van der Waals surface area contributed by atoms with Crippen molar-refractivity contribution in [2.24, 2.45) is 0 Å². The second-order valence-corrected chi connectivity index (χ2v) is 6.67. The van der Waals surface area contributed by atoms with Gasteiger partial charge in [-0.05, 0) is 37.8 Å². The molecule has 0 aliphatic heterocycles. The molecule has 2 aromatic heterocycles. The Morgan fingerprint density at radius 3 is 2.92 bits per heavy atom. The second kappa shape index (κ2) is 6.31. The molecule has 4 rings (SSSR count). The molecule has 0 bridgehead atoms. The zero-order valence-electron chi connectivity index (χ0n) is 14.0. The second-order valence-electron chi connectivity index (χ2n) is 6.67. The minimum absolute atomic E-state index is 0.123. The molecular weight excluding hydrogens is 321 g/mol. The molecule has 3 N–H and O–H groups in total. The molecule has 1 fully saturated rings. The van der Waals surface area contributed by atoms with Crippen LogP contribution in [0.3, 0.4) is 0 Å². The highest BCUT2D eigenvalue weighted by Gasteiger charge is 2.27. The van der Waals surface area contributed by atoms with Gasteiger partial charge in [0.15, 0.2) is 0 Å². The average molecular weight is 341 g/mol. The maximum Gasteiger partial charge on any atom is 0.320 e. The summed E-state index contributed by atoms with van der Waals surface area (Å²) in [7, 11) is 0. The smallest absolute Gasteiger partial charge is 0.320 e. The van der Waals surface area contributed by atoms with Crippen LogP contribution in [0.5, 0.6) is 0 Å². The summed E-state index contributed by atoms with van der Waals surface area (Å²) in [6.45, 7) is 1.88. The molecule has 0 spiro atoms. The van der Waals surface area contributed by atoms with Gasteiger partial charge in [0.25, 0.3) is 0 Å². The van der Waals surface area contributed by atoms with E-state index in [-0.39, 0.29) is 17.9 Å². The number of halogens is 1. The Balaban J connectivity index is 1.41. The molecule has 2 aromatic rings. The van der Waals surface area contributed by atoms with Crippen LogP contribution in [0, 0.1) is 0 Å². The van der Waals surface area contributed by atoms with Gasteiger partial charge in [0.05, 0.1) is 5.52 Å². The van der Waals surface area contributed by atoms with Crippen molar-refractivity contribution in [1.82, 2.24) is 20.5 Å². The van der Waals surface area contributed by atoms with Crippen molar-refractivity contribution in [3.05, 3.63) is 41.5 Å². The number of rotatable bonds is 4. The molecule has 2 heterocycles. The first-order valence-electron chi connectivity index (χ1n) is 8.57. The van der Waals surface area contributed by atoms with Crippen LogP contribution in [0.1, 0.15) is 44.2 Å². The minimum atomic E-state index is -0.340. The molecule has 0 radical (unpaired) electrons. The van der Waals surface area contributed by atoms with Crippen molar-refractivity contribution in [1.29, 1.82) is 0 Å². The predicted molar refractivity (Wildman–Crippen MR) is 94.0 cm³/mol. The lowest BCUT2D eigenvalue weighted by atomic mass is 9.98. The van der Waals surface area contributed by atoms with Gasteiger partial charge in [0.2, 0.25) is 0 Å². The summed E-state index contributed by atoms with van der Waals surface area (Å²) in [5.41, 5.74) is 2.94. The lowest BCUT2D eigenvalue weighted by molar-refractivity contribution is 0.250. The van der Waals surface area contributed by atoms with E-state index in [0.29, 0.717) is 24.6 Å². The summed E-state index contributed by atoms with van der Waals surface area (Å²) in [4.78, 5) is 16.5. The Labute approximate surface area is 144 Å². The molecule has 2 aliphatic rings. The van der Waals surface area contributed by atoms with Crippen molar-refractivity contribution < 1.29 is 9.18 Å². The average Bonchev–Trinajstić information content (AvgIpc) is 3.35. The van der Waals surface area contributed by atoms with Crippen LogP contribution < -0.4 is 10.6 Å². The van der Waals surface area contributed by atoms with Crippen LogP contribution in [-0.2, 0) is 0 Å². The van der Waals surface area contributed by atoms with Gasteiger partial charge in [-0.25, -0.2) is 14.2 Å². The van der Waals surface area contributed by atoms with Crippen LogP contribution in [0.4, 0.5) is 15.0 Å². The number of H-pyrrole nitrogens is 1. The van der Waals surface area contributed by atoms with Gasteiger partial charge in [0.1, 0.15) is 11.6 Å². The Morgan fingerprint density at radius 1 is 1.36 bits per heavy atom. The molecular formula is C18H20FN5O. The molecule has 7 heteroatoms. The van der Waals surface area contributed by atoms with Crippen molar-refractivity contribution in [3.63, 3.8) is 0 Å². The van der Waals surface area contributed by atoms with E-state index in [4.69, 9.17) is 0 Å². The largest absolute Gasteiger partial charge is 0.332 e. The standard InChI is InChI=1S/C18H20FN5O/c1-10(11-4-6-13(19)7-5-11)21-18(25)22-16-8-15-14(9-20-16)17(24-23-15)12-2-3-12/h4,6,8-10,12H,2-3,5,7H2,1H3,(H,23,24)(H2,20,21,22,25). The van der Waals surface area contributed by atoms with E-state index in [1.807, 2.05) is 6.92 Å². The SMILES string of the molecule is CC(NC(=O)Nc1cc2n[nH]c(C3CC3)c2cn1)C1=CC=C(F)CC1. The van der Waals surface area contributed by atoms with E-state index in [1.165, 1.54) is 18.9 Å². The van der Waals surface area contributed by atoms with Crippen LogP contribution in [-0.4, -0.2) is 27.3 Å². The van der Waals surface area contributed by atoms with Crippen LogP contribution >= 0.6 is 0 Å². The Morgan fingerprint density at radius 2 is 2.20 bits per heavy atom. The van der Waals surface area contributed by atoms with Crippen molar-refractivity contribution in [2.45, 2.75) is 44.6 Å². The fraction of sp³-hybridized carbons (Fsp3) is 0.389. The summed E-state index contributed by atoms with van der Waals surface area (Å²) in [5, 5.41) is 14.0. The van der Waals surface area contributed by atoms with Crippen molar-refractivity contribution >= 4 is 22.8 Å². The van der Waals surface area contributed by atoms with Gasteiger partial charge in [0, 0.05) is 41.7 Å². The number of urea groups is 1. The van der Waals surface area contributed by atoms with Gasteiger partial charge >= 0.3 is 6.03 Å². The van der Waals surface area contributed by atoms with Crippen LogP contribution in [0.2, 0.25) is 0 Å². The van der Waals surface area contributed by atoms with Gasteiger partial charge in [-0.15, -0.1) is 0 Å². The number of anilines is 1. The third kappa shape index (κ3) is 3.40. The number of pyridine rings is 1. The van der Waals surface area contributed by atoms with E-state index in [1.54, 1.807) is 18.3 Å². The topological polar surface area (TPSA) is 82.7 Å². The summed E-state index contributed by atoms with van der Waals surface area (Å²) in [6.07, 6.45) is 8.32. The molecule has 0 aromatic carbocycles. The Kier molecular flexibility index (Phi) is 3.99. The van der Waals surface area contributed by atoms with Gasteiger partial charge in [-0.2, -0.15) is 5.10 Å². The minimum Gasteiger partial charge on any atom is -0.332 e. The maximum absolute atomic E-state index is 13.1. The molecule has 1 atom stereocenters. The highest BCUT2D eigenvalue weighted by atomic mass is 19.1. The van der Waals surface area contributed by atoms with E-state index >= 15 is 0 Å². The number of hydrogen-bond acceptors (Lipinski definition) is 3. The fourth-order valence-corrected chi connectivity index (χ4v) is 3.11. The van der Waals surface area contributed by atoms with Gasteiger partial charge in [-0.3, -0.25) is 10.4 Å². The number of fused-ring (bicyclic) bond motifs is 1. The molecule has 2 amide bonds. The van der Waals surface area contributed by atoms with Crippen LogP contribution in [0.15, 0.2) is 35.8 Å². The molecule has 1 saturated carbocycles. The summed E-state index contributed by atoms with van der Waals surface area (Å²) >= 11 is 0. The zero-order chi connectivity index (χ0) is 17.4. The highest BCUT2D eigenvalue weighted by Crippen LogP contribution is 2.41. The molecule has 1 unspecified atom stereocenters. The molecule has 130 valence electrons. The van der Waals surface area contributed by atoms with Gasteiger partial charge in [-0.1, -0.05) is 6.08 Å². The van der Waals surface area contributed by atoms with Crippen molar-refractivity contribution in [3.8, 4) is 0 Å². The first-order valence-corrected chi connectivity index (χ1v) is 8.57. The van der Waals surface area contributed by atoms with Gasteiger partial charge < -0.3 is 5.32 Å². The summed E-state index contributed by atoms with van der Waals surface area (Å²) in [6, 6.07) is 1.26. The number of nitrogens with zero attached hydrogens (tertiary/aromatic N) is 2. The van der Waals surface area contributed by atoms with E-state index < -0.39 is 0 Å². The third-order valence-electron chi connectivity index (χ3n) is 4.73. The zero-order valence-corrected chi connectivity index (χ0v) is 14.0. The normalized spacial score (nSPS) is 18.5. The van der Waals surface area contributed by atoms with E-state index in [9.17, 15) is 9.18 Å². The quantitative estimate of drug-likeness (QED) is 0.788. The van der Waals surface area contributed by atoms with E-state index in [2.05, 4.69) is 25.8 Å². The first kappa shape index (κ1) is 15.8. The lowest BCUT2D eigenvalue weighted by Crippen LogP contribution is -2.37. The summed E-state index contributed by atoms with van der Waals surface area (Å²) in [5.74, 6) is 0.898. The number of carbonyl (C=O) groups is 1.